The van der Waals surface area contributed by atoms with Crippen LogP contribution in [0.1, 0.15) is 12.8 Å². The number of carbonyl (C=O) groups is 1. The number of para-hydroxylation sites is 1. The number of benzene rings is 1. The molecule has 5 nitrogen and oxygen atoms in total. The summed E-state index contributed by atoms with van der Waals surface area (Å²) in [5.41, 5.74) is 11.3. The average molecular weight is 267 g/mol. The summed E-state index contributed by atoms with van der Waals surface area (Å²) in [5, 5.41) is 0.627. The van der Waals surface area contributed by atoms with Crippen LogP contribution < -0.4 is 16.4 Å². The monoisotopic (exact) mass is 266 g/mol. The summed E-state index contributed by atoms with van der Waals surface area (Å²) in [4.78, 5) is 17.5. The summed E-state index contributed by atoms with van der Waals surface area (Å²) in [6, 6.07) is 7.11. The van der Waals surface area contributed by atoms with Gasteiger partial charge in [0.1, 0.15) is 6.04 Å². The number of halogens is 1. The predicted octanol–water partition coefficient (Wildman–Crippen LogP) is 1.11. The largest absolute Gasteiger partial charge is 0.370 e. The van der Waals surface area contributed by atoms with E-state index in [2.05, 4.69) is 4.99 Å². The summed E-state index contributed by atoms with van der Waals surface area (Å²) < 4.78 is 0. The van der Waals surface area contributed by atoms with Crippen LogP contribution in [-0.4, -0.2) is 24.5 Å². The highest BCUT2D eigenvalue weighted by Crippen LogP contribution is 2.31. The first-order valence-corrected chi connectivity index (χ1v) is 6.12. The van der Waals surface area contributed by atoms with E-state index in [4.69, 9.17) is 23.1 Å². The zero-order valence-corrected chi connectivity index (χ0v) is 10.6. The zero-order chi connectivity index (χ0) is 13.1. The summed E-state index contributed by atoms with van der Waals surface area (Å²) in [6.07, 6.45) is 1.66. The molecule has 1 fully saturated rings. The lowest BCUT2D eigenvalue weighted by molar-refractivity contribution is -0.118. The minimum Gasteiger partial charge on any atom is -0.370 e. The van der Waals surface area contributed by atoms with E-state index in [-0.39, 0.29) is 17.9 Å². The Balaban J connectivity index is 2.26. The molecule has 1 aliphatic rings. The Morgan fingerprint density at radius 2 is 2.11 bits per heavy atom. The smallest absolute Gasteiger partial charge is 0.271 e. The molecule has 1 aromatic rings. The molecule has 96 valence electrons. The molecule has 0 bridgehead atoms. The van der Waals surface area contributed by atoms with Gasteiger partial charge in [0, 0.05) is 6.54 Å². The molecule has 0 spiro atoms. The maximum Gasteiger partial charge on any atom is 0.271 e. The minimum absolute atomic E-state index is 0.203. The van der Waals surface area contributed by atoms with Crippen molar-refractivity contribution in [3.63, 3.8) is 0 Å². The maximum absolute atomic E-state index is 11.9. The lowest BCUT2D eigenvalue weighted by Gasteiger charge is -2.25. The summed E-state index contributed by atoms with van der Waals surface area (Å²) in [5.74, 6) is -0.515. The second kappa shape index (κ2) is 5.27. The number of hydrogen-bond donors (Lipinski definition) is 2. The van der Waals surface area contributed by atoms with Gasteiger partial charge in [0.15, 0.2) is 5.96 Å². The van der Waals surface area contributed by atoms with Crippen molar-refractivity contribution >= 4 is 29.2 Å². The van der Waals surface area contributed by atoms with Crippen molar-refractivity contribution < 1.29 is 4.79 Å². The Morgan fingerprint density at radius 1 is 1.39 bits per heavy atom. The van der Waals surface area contributed by atoms with E-state index < -0.39 is 0 Å². The van der Waals surface area contributed by atoms with Crippen LogP contribution in [0, 0.1) is 0 Å². The van der Waals surface area contributed by atoms with Crippen LogP contribution in [0.3, 0.4) is 0 Å². The standard InChI is InChI=1S/C12H15ClN4O/c13-8-4-1-2-5-9(8)17-7-3-6-10(17)11(18)16-12(14)15/h1-2,4-5,10H,3,6-7H2,(H4,14,15,16,18). The molecule has 0 aromatic heterocycles. The van der Waals surface area contributed by atoms with Gasteiger partial charge in [0.05, 0.1) is 10.7 Å². The summed E-state index contributed by atoms with van der Waals surface area (Å²) in [6.45, 7) is 0.778. The molecule has 2 rings (SSSR count). The van der Waals surface area contributed by atoms with Gasteiger partial charge in [0.2, 0.25) is 0 Å². The van der Waals surface area contributed by atoms with Gasteiger partial charge in [0.25, 0.3) is 5.91 Å². The molecule has 1 saturated heterocycles. The Hall–Kier alpha value is -1.75. The van der Waals surface area contributed by atoms with Gasteiger partial charge in [-0.2, -0.15) is 4.99 Å². The first-order valence-electron chi connectivity index (χ1n) is 5.74. The number of nitrogens with two attached hydrogens (primary N) is 2. The van der Waals surface area contributed by atoms with Crippen LogP contribution in [0.5, 0.6) is 0 Å². The number of nitrogens with zero attached hydrogens (tertiary/aromatic N) is 2. The first kappa shape index (κ1) is 12.7. The van der Waals surface area contributed by atoms with Crippen LogP contribution in [0.2, 0.25) is 5.02 Å². The van der Waals surface area contributed by atoms with Crippen LogP contribution in [0.25, 0.3) is 0 Å². The van der Waals surface area contributed by atoms with Gasteiger partial charge >= 0.3 is 0 Å². The molecular weight excluding hydrogens is 252 g/mol. The number of amides is 1. The van der Waals surface area contributed by atoms with Crippen molar-refractivity contribution in [2.24, 2.45) is 16.5 Å². The van der Waals surface area contributed by atoms with E-state index in [1.165, 1.54) is 0 Å². The molecule has 1 heterocycles. The molecule has 0 radical (unpaired) electrons. The lowest BCUT2D eigenvalue weighted by Crippen LogP contribution is -2.37. The number of rotatable bonds is 2. The van der Waals surface area contributed by atoms with Crippen molar-refractivity contribution in [3.05, 3.63) is 29.3 Å². The highest BCUT2D eigenvalue weighted by atomic mass is 35.5. The van der Waals surface area contributed by atoms with E-state index in [1.54, 1.807) is 6.07 Å². The van der Waals surface area contributed by atoms with Crippen molar-refractivity contribution in [2.75, 3.05) is 11.4 Å². The fourth-order valence-electron chi connectivity index (χ4n) is 2.20. The van der Waals surface area contributed by atoms with Crippen LogP contribution in [0.15, 0.2) is 29.3 Å². The number of aliphatic imine (C=N–C) groups is 1. The predicted molar refractivity (Wildman–Crippen MR) is 72.6 cm³/mol. The number of guanidine groups is 1. The number of carbonyl (C=O) groups excluding carboxylic acids is 1. The number of anilines is 1. The van der Waals surface area contributed by atoms with Gasteiger partial charge in [-0.1, -0.05) is 23.7 Å². The first-order chi connectivity index (χ1) is 8.59. The summed E-state index contributed by atoms with van der Waals surface area (Å²) in [7, 11) is 0. The van der Waals surface area contributed by atoms with Crippen molar-refractivity contribution in [2.45, 2.75) is 18.9 Å². The topological polar surface area (TPSA) is 84.7 Å². The second-order valence-corrected chi connectivity index (χ2v) is 4.58. The van der Waals surface area contributed by atoms with Gasteiger partial charge < -0.3 is 16.4 Å². The third-order valence-electron chi connectivity index (χ3n) is 2.94. The number of hydrogen-bond acceptors (Lipinski definition) is 2. The SMILES string of the molecule is NC(N)=NC(=O)C1CCCN1c1ccccc1Cl. The molecule has 1 aliphatic heterocycles. The van der Waals surface area contributed by atoms with E-state index in [9.17, 15) is 4.79 Å². The molecule has 1 amide bonds. The fourth-order valence-corrected chi connectivity index (χ4v) is 2.44. The highest BCUT2D eigenvalue weighted by molar-refractivity contribution is 6.33. The molecule has 0 aliphatic carbocycles. The quantitative estimate of drug-likeness (QED) is 0.620. The Labute approximate surface area is 110 Å². The molecule has 18 heavy (non-hydrogen) atoms. The molecule has 4 N–H and O–H groups in total. The van der Waals surface area contributed by atoms with Crippen molar-refractivity contribution in [1.29, 1.82) is 0 Å². The average Bonchev–Trinajstić information content (AvgIpc) is 2.77. The highest BCUT2D eigenvalue weighted by Gasteiger charge is 2.31. The molecule has 1 atom stereocenters. The van der Waals surface area contributed by atoms with Crippen molar-refractivity contribution in [1.82, 2.24) is 0 Å². The third-order valence-corrected chi connectivity index (χ3v) is 3.26. The van der Waals surface area contributed by atoms with Gasteiger partial charge in [-0.05, 0) is 25.0 Å². The van der Waals surface area contributed by atoms with Crippen molar-refractivity contribution in [3.8, 4) is 0 Å². The van der Waals surface area contributed by atoms with Gasteiger partial charge in [-0.15, -0.1) is 0 Å². The van der Waals surface area contributed by atoms with E-state index in [0.29, 0.717) is 5.02 Å². The molecule has 1 unspecified atom stereocenters. The van der Waals surface area contributed by atoms with E-state index >= 15 is 0 Å². The third kappa shape index (κ3) is 2.56. The molecular formula is C12H15ClN4O. The molecule has 6 heteroatoms. The van der Waals surface area contributed by atoms with Crippen LogP contribution in [-0.2, 0) is 4.79 Å². The van der Waals surface area contributed by atoms with E-state index in [1.807, 2.05) is 23.1 Å². The normalized spacial score (nSPS) is 18.7. The molecule has 0 saturated carbocycles. The Morgan fingerprint density at radius 3 is 2.78 bits per heavy atom. The minimum atomic E-state index is -0.327. The van der Waals surface area contributed by atoms with Crippen LogP contribution in [0.4, 0.5) is 5.69 Å². The Kier molecular flexibility index (Phi) is 3.72. The maximum atomic E-state index is 11.9. The zero-order valence-electron chi connectivity index (χ0n) is 9.84. The van der Waals surface area contributed by atoms with Gasteiger partial charge in [-0.25, -0.2) is 0 Å². The molecule has 1 aromatic carbocycles. The van der Waals surface area contributed by atoms with E-state index in [0.717, 1.165) is 25.1 Å². The van der Waals surface area contributed by atoms with Crippen LogP contribution >= 0.6 is 11.6 Å². The second-order valence-electron chi connectivity index (χ2n) is 4.18. The summed E-state index contributed by atoms with van der Waals surface area (Å²) >= 11 is 6.14. The lowest BCUT2D eigenvalue weighted by atomic mass is 10.2. The fraction of sp³-hybridized carbons (Fsp3) is 0.333. The Bertz CT molecular complexity index is 485. The van der Waals surface area contributed by atoms with Gasteiger partial charge in [-0.3, -0.25) is 4.79 Å².